The SMILES string of the molecule is CC(C)(C)c1cs[c]n1. The van der Waals surface area contributed by atoms with Crippen LogP contribution in [-0.4, -0.2) is 4.98 Å². The molecule has 0 unspecified atom stereocenters. The molecule has 1 nitrogen and oxygen atoms in total. The third-order valence-electron chi connectivity index (χ3n) is 1.16. The first-order valence-corrected chi connectivity index (χ1v) is 3.81. The summed E-state index contributed by atoms with van der Waals surface area (Å²) in [4.78, 5) is 4.08. The molecule has 1 heterocycles. The van der Waals surface area contributed by atoms with Gasteiger partial charge in [0, 0.05) is 10.8 Å². The van der Waals surface area contributed by atoms with Crippen LogP contribution in [0.1, 0.15) is 26.5 Å². The first-order valence-electron chi connectivity index (χ1n) is 2.93. The van der Waals surface area contributed by atoms with Crippen LogP contribution in [0.3, 0.4) is 0 Å². The molecule has 0 N–H and O–H groups in total. The molecular formula is C7H10NS. The molecular weight excluding hydrogens is 130 g/mol. The van der Waals surface area contributed by atoms with E-state index in [2.05, 4.69) is 31.3 Å². The highest BCUT2D eigenvalue weighted by atomic mass is 32.1. The molecule has 0 amide bonds. The lowest BCUT2D eigenvalue weighted by molar-refractivity contribution is 0.573. The molecule has 0 aromatic carbocycles. The van der Waals surface area contributed by atoms with Gasteiger partial charge in [-0.3, -0.25) is 0 Å². The van der Waals surface area contributed by atoms with Crippen molar-refractivity contribution in [2.75, 3.05) is 0 Å². The van der Waals surface area contributed by atoms with Crippen LogP contribution in [0, 0.1) is 5.51 Å². The predicted molar refractivity (Wildman–Crippen MR) is 39.7 cm³/mol. The predicted octanol–water partition coefficient (Wildman–Crippen LogP) is 2.24. The Morgan fingerprint density at radius 1 is 1.56 bits per heavy atom. The van der Waals surface area contributed by atoms with Crippen LogP contribution >= 0.6 is 11.3 Å². The van der Waals surface area contributed by atoms with Gasteiger partial charge in [0.1, 0.15) is 0 Å². The summed E-state index contributed by atoms with van der Waals surface area (Å²) in [5.41, 5.74) is 4.15. The van der Waals surface area contributed by atoms with Gasteiger partial charge in [-0.25, -0.2) is 4.98 Å². The molecule has 0 aliphatic heterocycles. The Balaban J connectivity index is 2.90. The Morgan fingerprint density at radius 2 is 2.22 bits per heavy atom. The van der Waals surface area contributed by atoms with Crippen LogP contribution in [0.15, 0.2) is 5.38 Å². The first-order chi connectivity index (χ1) is 4.11. The molecule has 1 aromatic heterocycles. The molecule has 2 heteroatoms. The Kier molecular flexibility index (Phi) is 1.58. The second-order valence-corrected chi connectivity index (χ2v) is 3.73. The minimum atomic E-state index is 0.191. The Morgan fingerprint density at radius 3 is 2.44 bits per heavy atom. The summed E-state index contributed by atoms with van der Waals surface area (Å²) >= 11 is 1.53. The molecule has 49 valence electrons. The third kappa shape index (κ3) is 1.52. The van der Waals surface area contributed by atoms with Crippen molar-refractivity contribution in [3.05, 3.63) is 16.6 Å². The maximum atomic E-state index is 4.08. The highest BCUT2D eigenvalue weighted by Gasteiger charge is 2.14. The summed E-state index contributed by atoms with van der Waals surface area (Å²) < 4.78 is 0. The van der Waals surface area contributed by atoms with E-state index in [4.69, 9.17) is 0 Å². The Hall–Kier alpha value is -0.370. The van der Waals surface area contributed by atoms with Gasteiger partial charge in [-0.2, -0.15) is 0 Å². The van der Waals surface area contributed by atoms with Gasteiger partial charge >= 0.3 is 0 Å². The highest BCUT2D eigenvalue weighted by molar-refractivity contribution is 7.07. The largest absolute Gasteiger partial charge is 0.238 e. The second kappa shape index (κ2) is 2.10. The van der Waals surface area contributed by atoms with Gasteiger partial charge in [-0.1, -0.05) is 20.8 Å². The maximum Gasteiger partial charge on any atom is 0.152 e. The fraction of sp³-hybridized carbons (Fsp3) is 0.571. The van der Waals surface area contributed by atoms with Crippen molar-refractivity contribution < 1.29 is 0 Å². The van der Waals surface area contributed by atoms with E-state index in [9.17, 15) is 0 Å². The average molecular weight is 140 g/mol. The number of aromatic nitrogens is 1. The number of hydrogen-bond acceptors (Lipinski definition) is 2. The van der Waals surface area contributed by atoms with Crippen molar-refractivity contribution in [3.8, 4) is 0 Å². The Bertz CT molecular complexity index is 171. The van der Waals surface area contributed by atoms with Gasteiger partial charge in [0.25, 0.3) is 0 Å². The summed E-state index contributed by atoms with van der Waals surface area (Å²) in [5, 5.41) is 2.04. The molecule has 0 saturated carbocycles. The molecule has 0 aliphatic carbocycles. The molecule has 0 spiro atoms. The van der Waals surface area contributed by atoms with Crippen molar-refractivity contribution in [2.45, 2.75) is 26.2 Å². The minimum absolute atomic E-state index is 0.191. The van der Waals surface area contributed by atoms with Crippen molar-refractivity contribution in [1.82, 2.24) is 4.98 Å². The molecule has 9 heavy (non-hydrogen) atoms. The van der Waals surface area contributed by atoms with E-state index in [0.29, 0.717) is 0 Å². The summed E-state index contributed by atoms with van der Waals surface area (Å²) in [6, 6.07) is 0. The zero-order chi connectivity index (χ0) is 6.91. The van der Waals surface area contributed by atoms with Crippen LogP contribution in [0.4, 0.5) is 0 Å². The lowest BCUT2D eigenvalue weighted by atomic mass is 9.93. The van der Waals surface area contributed by atoms with E-state index in [-0.39, 0.29) is 5.41 Å². The molecule has 1 aromatic rings. The van der Waals surface area contributed by atoms with Crippen LogP contribution in [0.25, 0.3) is 0 Å². The van der Waals surface area contributed by atoms with Crippen LogP contribution in [0.2, 0.25) is 0 Å². The standard InChI is InChI=1S/C7H10NS/c1-7(2,3)6-4-9-5-8-6/h4H,1-3H3. The summed E-state index contributed by atoms with van der Waals surface area (Å²) in [6.07, 6.45) is 0. The molecule has 0 saturated heterocycles. The normalized spacial score (nSPS) is 11.9. The third-order valence-corrected chi connectivity index (χ3v) is 1.70. The molecule has 0 bridgehead atoms. The number of nitrogens with zero attached hydrogens (tertiary/aromatic N) is 1. The van der Waals surface area contributed by atoms with Gasteiger partial charge in [0.2, 0.25) is 0 Å². The molecule has 0 aliphatic rings. The van der Waals surface area contributed by atoms with Crippen molar-refractivity contribution in [2.24, 2.45) is 0 Å². The van der Waals surface area contributed by atoms with E-state index in [1.807, 2.05) is 5.38 Å². The second-order valence-electron chi connectivity index (χ2n) is 3.07. The molecule has 1 rings (SSSR count). The van der Waals surface area contributed by atoms with Crippen molar-refractivity contribution >= 4 is 11.3 Å². The van der Waals surface area contributed by atoms with Gasteiger partial charge < -0.3 is 0 Å². The smallest absolute Gasteiger partial charge is 0.152 e. The van der Waals surface area contributed by atoms with Crippen molar-refractivity contribution in [3.63, 3.8) is 0 Å². The number of hydrogen-bond donors (Lipinski definition) is 0. The zero-order valence-electron chi connectivity index (χ0n) is 5.93. The van der Waals surface area contributed by atoms with Gasteiger partial charge in [0.05, 0.1) is 5.69 Å². The van der Waals surface area contributed by atoms with Crippen molar-refractivity contribution in [1.29, 1.82) is 0 Å². The fourth-order valence-electron chi connectivity index (χ4n) is 0.529. The number of rotatable bonds is 0. The van der Waals surface area contributed by atoms with E-state index >= 15 is 0 Å². The van der Waals surface area contributed by atoms with E-state index in [0.717, 1.165) is 5.69 Å². The summed E-state index contributed by atoms with van der Waals surface area (Å²) in [6.45, 7) is 6.45. The van der Waals surface area contributed by atoms with E-state index in [1.165, 1.54) is 11.3 Å². The topological polar surface area (TPSA) is 12.9 Å². The monoisotopic (exact) mass is 140 g/mol. The lowest BCUT2D eigenvalue weighted by Gasteiger charge is -2.13. The number of thiazole rings is 1. The van der Waals surface area contributed by atoms with E-state index < -0.39 is 0 Å². The molecule has 0 atom stereocenters. The van der Waals surface area contributed by atoms with Gasteiger partial charge in [-0.05, 0) is 0 Å². The lowest BCUT2D eigenvalue weighted by Crippen LogP contribution is -2.10. The van der Waals surface area contributed by atoms with Crippen LogP contribution < -0.4 is 0 Å². The Labute approximate surface area is 59.8 Å². The van der Waals surface area contributed by atoms with Crippen LogP contribution in [-0.2, 0) is 5.41 Å². The summed E-state index contributed by atoms with van der Waals surface area (Å²) in [5.74, 6) is 0. The summed E-state index contributed by atoms with van der Waals surface area (Å²) in [7, 11) is 0. The minimum Gasteiger partial charge on any atom is -0.238 e. The highest BCUT2D eigenvalue weighted by Crippen LogP contribution is 2.20. The van der Waals surface area contributed by atoms with E-state index in [1.54, 1.807) is 0 Å². The fourth-order valence-corrected chi connectivity index (χ4v) is 1.25. The maximum absolute atomic E-state index is 4.08. The molecule has 0 fully saturated rings. The zero-order valence-corrected chi connectivity index (χ0v) is 6.75. The van der Waals surface area contributed by atoms with Gasteiger partial charge in [-0.15, -0.1) is 11.3 Å². The van der Waals surface area contributed by atoms with Crippen LogP contribution in [0.5, 0.6) is 0 Å². The van der Waals surface area contributed by atoms with Gasteiger partial charge in [0.15, 0.2) is 5.51 Å². The average Bonchev–Trinajstić information content (AvgIpc) is 2.08. The molecule has 1 radical (unpaired) electrons. The first kappa shape index (κ1) is 6.75. The quantitative estimate of drug-likeness (QED) is 0.538.